The van der Waals surface area contributed by atoms with E-state index in [9.17, 15) is 4.79 Å². The van der Waals surface area contributed by atoms with Gasteiger partial charge in [0.15, 0.2) is 0 Å². The maximum Gasteiger partial charge on any atom is 0.257 e. The van der Waals surface area contributed by atoms with E-state index in [1.165, 1.54) is 5.56 Å². The van der Waals surface area contributed by atoms with Crippen LogP contribution < -0.4 is 5.32 Å². The molecule has 0 unspecified atom stereocenters. The quantitative estimate of drug-likeness (QED) is 0.814. The van der Waals surface area contributed by atoms with Gasteiger partial charge >= 0.3 is 0 Å². The van der Waals surface area contributed by atoms with E-state index >= 15 is 0 Å². The standard InChI is InChI=1S/C14H16N2O/c1-9-4-5-13(10(2)8-9)16-14(17)12-6-7-15-11(12)3/h4-8,15H,1-3H3,(H,16,17). The minimum absolute atomic E-state index is 0.0734. The lowest BCUT2D eigenvalue weighted by atomic mass is 10.1. The molecular weight excluding hydrogens is 212 g/mol. The number of aromatic nitrogens is 1. The maximum atomic E-state index is 12.0. The van der Waals surface area contributed by atoms with Crippen molar-refractivity contribution < 1.29 is 4.79 Å². The number of benzene rings is 1. The third kappa shape index (κ3) is 2.38. The second kappa shape index (κ2) is 4.45. The Balaban J connectivity index is 2.22. The molecule has 1 amide bonds. The molecule has 2 rings (SSSR count). The smallest absolute Gasteiger partial charge is 0.257 e. The number of aryl methyl sites for hydroxylation is 3. The van der Waals surface area contributed by atoms with Gasteiger partial charge in [-0.15, -0.1) is 0 Å². The van der Waals surface area contributed by atoms with E-state index in [4.69, 9.17) is 0 Å². The van der Waals surface area contributed by atoms with Crippen molar-refractivity contribution in [1.82, 2.24) is 4.98 Å². The Morgan fingerprint density at radius 3 is 2.53 bits per heavy atom. The van der Waals surface area contributed by atoms with E-state index < -0.39 is 0 Å². The lowest BCUT2D eigenvalue weighted by molar-refractivity contribution is 0.102. The van der Waals surface area contributed by atoms with Gasteiger partial charge in [-0.1, -0.05) is 17.7 Å². The van der Waals surface area contributed by atoms with E-state index in [1.54, 1.807) is 12.3 Å². The van der Waals surface area contributed by atoms with E-state index in [1.807, 2.05) is 32.9 Å². The number of carbonyl (C=O) groups is 1. The number of nitrogens with one attached hydrogen (secondary N) is 2. The molecule has 0 atom stereocenters. The summed E-state index contributed by atoms with van der Waals surface area (Å²) in [6, 6.07) is 7.77. The second-order valence-corrected chi connectivity index (χ2v) is 4.29. The maximum absolute atomic E-state index is 12.0. The van der Waals surface area contributed by atoms with Crippen LogP contribution in [0, 0.1) is 20.8 Å². The SMILES string of the molecule is Cc1ccc(NC(=O)c2cc[nH]c2C)c(C)c1. The van der Waals surface area contributed by atoms with Crippen molar-refractivity contribution in [3.8, 4) is 0 Å². The van der Waals surface area contributed by atoms with Gasteiger partial charge in [0.05, 0.1) is 5.56 Å². The minimum atomic E-state index is -0.0734. The summed E-state index contributed by atoms with van der Waals surface area (Å²) < 4.78 is 0. The third-order valence-corrected chi connectivity index (χ3v) is 2.83. The molecule has 0 radical (unpaired) electrons. The van der Waals surface area contributed by atoms with Gasteiger partial charge in [-0.3, -0.25) is 4.79 Å². The van der Waals surface area contributed by atoms with Crippen molar-refractivity contribution in [1.29, 1.82) is 0 Å². The van der Waals surface area contributed by atoms with E-state index in [-0.39, 0.29) is 5.91 Å². The Kier molecular flexibility index (Phi) is 3.00. The number of carbonyl (C=O) groups excluding carboxylic acids is 1. The topological polar surface area (TPSA) is 44.9 Å². The number of H-pyrrole nitrogens is 1. The molecule has 0 spiro atoms. The Labute approximate surface area is 101 Å². The summed E-state index contributed by atoms with van der Waals surface area (Å²) in [4.78, 5) is 15.0. The highest BCUT2D eigenvalue weighted by Crippen LogP contribution is 2.17. The highest BCUT2D eigenvalue weighted by molar-refractivity contribution is 6.05. The van der Waals surface area contributed by atoms with Gasteiger partial charge in [-0.05, 0) is 38.5 Å². The molecule has 1 aromatic carbocycles. The third-order valence-electron chi connectivity index (χ3n) is 2.83. The van der Waals surface area contributed by atoms with Gasteiger partial charge in [-0.2, -0.15) is 0 Å². The summed E-state index contributed by atoms with van der Waals surface area (Å²) in [5, 5.41) is 2.92. The van der Waals surface area contributed by atoms with Crippen molar-refractivity contribution in [2.24, 2.45) is 0 Å². The largest absolute Gasteiger partial charge is 0.365 e. The predicted molar refractivity (Wildman–Crippen MR) is 69.4 cm³/mol. The summed E-state index contributed by atoms with van der Waals surface area (Å²) in [5.74, 6) is -0.0734. The van der Waals surface area contributed by atoms with Crippen molar-refractivity contribution in [2.75, 3.05) is 5.32 Å². The summed E-state index contributed by atoms with van der Waals surface area (Å²) >= 11 is 0. The number of rotatable bonds is 2. The summed E-state index contributed by atoms with van der Waals surface area (Å²) in [6.45, 7) is 5.92. The van der Waals surface area contributed by atoms with Crippen LogP contribution >= 0.6 is 0 Å². The molecule has 0 bridgehead atoms. The normalized spacial score (nSPS) is 10.3. The van der Waals surface area contributed by atoms with Crippen LogP contribution in [0.3, 0.4) is 0 Å². The molecule has 0 saturated heterocycles. The zero-order valence-electron chi connectivity index (χ0n) is 10.3. The molecule has 17 heavy (non-hydrogen) atoms. The first-order valence-corrected chi connectivity index (χ1v) is 5.60. The van der Waals surface area contributed by atoms with E-state index in [2.05, 4.69) is 16.4 Å². The molecular formula is C14H16N2O. The van der Waals surface area contributed by atoms with Gasteiger partial charge in [0.1, 0.15) is 0 Å². The molecule has 2 N–H and O–H groups in total. The minimum Gasteiger partial charge on any atom is -0.365 e. The Bertz CT molecular complexity index is 555. The van der Waals surface area contributed by atoms with Crippen LogP contribution in [0.15, 0.2) is 30.5 Å². The molecule has 0 aliphatic rings. The second-order valence-electron chi connectivity index (χ2n) is 4.29. The molecule has 1 heterocycles. The van der Waals surface area contributed by atoms with Crippen molar-refractivity contribution >= 4 is 11.6 Å². The van der Waals surface area contributed by atoms with Crippen LogP contribution in [0.25, 0.3) is 0 Å². The zero-order chi connectivity index (χ0) is 12.4. The average molecular weight is 228 g/mol. The molecule has 0 aliphatic heterocycles. The van der Waals surface area contributed by atoms with Crippen molar-refractivity contribution in [2.45, 2.75) is 20.8 Å². The number of anilines is 1. The van der Waals surface area contributed by atoms with Crippen LogP contribution in [-0.2, 0) is 0 Å². The molecule has 0 fully saturated rings. The Hall–Kier alpha value is -2.03. The highest BCUT2D eigenvalue weighted by atomic mass is 16.1. The van der Waals surface area contributed by atoms with E-state index in [0.717, 1.165) is 16.9 Å². The van der Waals surface area contributed by atoms with Crippen molar-refractivity contribution in [3.63, 3.8) is 0 Å². The van der Waals surface area contributed by atoms with Crippen LogP contribution in [0.2, 0.25) is 0 Å². The van der Waals surface area contributed by atoms with Gasteiger partial charge in [0.2, 0.25) is 0 Å². The number of hydrogen-bond donors (Lipinski definition) is 2. The van der Waals surface area contributed by atoms with Crippen LogP contribution in [0.1, 0.15) is 27.2 Å². The van der Waals surface area contributed by atoms with Gasteiger partial charge in [0, 0.05) is 17.6 Å². The molecule has 1 aromatic heterocycles. The van der Waals surface area contributed by atoms with Crippen LogP contribution in [0.5, 0.6) is 0 Å². The lowest BCUT2D eigenvalue weighted by Gasteiger charge is -2.08. The van der Waals surface area contributed by atoms with Gasteiger partial charge in [0.25, 0.3) is 5.91 Å². The Morgan fingerprint density at radius 1 is 1.18 bits per heavy atom. The molecule has 88 valence electrons. The molecule has 3 heteroatoms. The Morgan fingerprint density at radius 2 is 1.94 bits per heavy atom. The number of aromatic amines is 1. The highest BCUT2D eigenvalue weighted by Gasteiger charge is 2.10. The fourth-order valence-corrected chi connectivity index (χ4v) is 1.84. The fourth-order valence-electron chi connectivity index (χ4n) is 1.84. The fraction of sp³-hybridized carbons (Fsp3) is 0.214. The molecule has 2 aromatic rings. The van der Waals surface area contributed by atoms with Crippen LogP contribution in [-0.4, -0.2) is 10.9 Å². The molecule has 0 aliphatic carbocycles. The first-order chi connectivity index (χ1) is 8.08. The average Bonchev–Trinajstić information content (AvgIpc) is 2.68. The number of hydrogen-bond acceptors (Lipinski definition) is 1. The summed E-state index contributed by atoms with van der Waals surface area (Å²) in [7, 11) is 0. The van der Waals surface area contributed by atoms with Gasteiger partial charge in [-0.25, -0.2) is 0 Å². The predicted octanol–water partition coefficient (Wildman–Crippen LogP) is 3.19. The first kappa shape index (κ1) is 11.5. The van der Waals surface area contributed by atoms with Crippen LogP contribution in [0.4, 0.5) is 5.69 Å². The van der Waals surface area contributed by atoms with Crippen molar-refractivity contribution in [3.05, 3.63) is 52.8 Å². The summed E-state index contributed by atoms with van der Waals surface area (Å²) in [6.07, 6.45) is 1.77. The molecule has 0 saturated carbocycles. The van der Waals surface area contributed by atoms with Gasteiger partial charge < -0.3 is 10.3 Å². The number of amides is 1. The lowest BCUT2D eigenvalue weighted by Crippen LogP contribution is -2.13. The monoisotopic (exact) mass is 228 g/mol. The van der Waals surface area contributed by atoms with E-state index in [0.29, 0.717) is 5.56 Å². The summed E-state index contributed by atoms with van der Waals surface area (Å²) in [5.41, 5.74) is 4.70. The molecule has 3 nitrogen and oxygen atoms in total. The zero-order valence-corrected chi connectivity index (χ0v) is 10.3. The first-order valence-electron chi connectivity index (χ1n) is 5.60.